The lowest BCUT2D eigenvalue weighted by Gasteiger charge is -2.18. The number of rotatable bonds is 7. The van der Waals surface area contributed by atoms with E-state index in [-0.39, 0.29) is 30.9 Å². The Morgan fingerprint density at radius 1 is 1.08 bits per heavy atom. The highest BCUT2D eigenvalue weighted by Gasteiger charge is 2.31. The number of nitrogens with one attached hydrogen (secondary N) is 1. The van der Waals surface area contributed by atoms with Gasteiger partial charge < -0.3 is 19.7 Å². The molecule has 1 heterocycles. The Balaban J connectivity index is 1.51. The van der Waals surface area contributed by atoms with Gasteiger partial charge in [-0.05, 0) is 43.3 Å². The lowest BCUT2D eigenvalue weighted by Crippen LogP contribution is -2.39. The zero-order chi connectivity index (χ0) is 18.4. The summed E-state index contributed by atoms with van der Waals surface area (Å²) in [6.45, 7) is 2.90. The molecule has 2 aromatic rings. The van der Waals surface area contributed by atoms with Crippen LogP contribution in [0.25, 0.3) is 0 Å². The lowest BCUT2D eigenvalue weighted by molar-refractivity contribution is -0.123. The molecule has 1 atom stereocenters. The number of amides is 2. The third kappa shape index (κ3) is 4.53. The number of carbonyl (C=O) groups excluding carboxylic acids is 2. The molecule has 6 heteroatoms. The van der Waals surface area contributed by atoms with Gasteiger partial charge in [-0.15, -0.1) is 0 Å². The first-order chi connectivity index (χ1) is 12.7. The van der Waals surface area contributed by atoms with Crippen LogP contribution in [-0.4, -0.2) is 37.6 Å². The monoisotopic (exact) mass is 354 g/mol. The molecule has 0 spiro atoms. The van der Waals surface area contributed by atoms with E-state index in [1.807, 2.05) is 49.4 Å². The van der Waals surface area contributed by atoms with Gasteiger partial charge in [-0.25, -0.2) is 0 Å². The average molecular weight is 354 g/mol. The molecule has 0 aromatic heterocycles. The van der Waals surface area contributed by atoms with Crippen molar-refractivity contribution in [2.75, 3.05) is 24.7 Å². The minimum absolute atomic E-state index is 0.0107. The van der Waals surface area contributed by atoms with Crippen LogP contribution in [0.5, 0.6) is 11.5 Å². The Kier molecular flexibility index (Phi) is 5.73. The van der Waals surface area contributed by atoms with Crippen LogP contribution in [0.3, 0.4) is 0 Å². The first kappa shape index (κ1) is 17.8. The molecule has 6 nitrogen and oxygen atoms in total. The van der Waals surface area contributed by atoms with E-state index in [0.717, 1.165) is 11.4 Å². The van der Waals surface area contributed by atoms with Crippen molar-refractivity contribution in [2.45, 2.75) is 19.4 Å². The Morgan fingerprint density at radius 3 is 2.46 bits per heavy atom. The summed E-state index contributed by atoms with van der Waals surface area (Å²) in [5, 5.41) is 2.86. The number of carbonyl (C=O) groups is 2. The summed E-state index contributed by atoms with van der Waals surface area (Å²) in [6.07, 6.45) is 0.282. The van der Waals surface area contributed by atoms with Crippen LogP contribution in [0.1, 0.15) is 13.3 Å². The Labute approximate surface area is 152 Å². The van der Waals surface area contributed by atoms with Crippen LogP contribution < -0.4 is 19.7 Å². The number of hydrogen-bond acceptors (Lipinski definition) is 4. The van der Waals surface area contributed by atoms with Gasteiger partial charge in [-0.3, -0.25) is 9.59 Å². The van der Waals surface area contributed by atoms with Crippen molar-refractivity contribution < 1.29 is 19.1 Å². The molecule has 2 amide bonds. The summed E-state index contributed by atoms with van der Waals surface area (Å²) in [6, 6.07) is 16.3. The first-order valence-corrected chi connectivity index (χ1v) is 8.66. The van der Waals surface area contributed by atoms with Crippen LogP contribution >= 0.6 is 0 Å². The summed E-state index contributed by atoms with van der Waals surface area (Å²) in [5.74, 6) is 1.16. The summed E-state index contributed by atoms with van der Waals surface area (Å²) in [5.41, 5.74) is 0.802. The zero-order valence-corrected chi connectivity index (χ0v) is 14.7. The fourth-order valence-corrected chi connectivity index (χ4v) is 2.88. The molecule has 1 aliphatic heterocycles. The second kappa shape index (κ2) is 8.38. The maximum atomic E-state index is 12.3. The number of hydrogen-bond donors (Lipinski definition) is 1. The fraction of sp³-hybridized carbons (Fsp3) is 0.300. The van der Waals surface area contributed by atoms with E-state index in [1.165, 1.54) is 0 Å². The molecule has 0 unspecified atom stereocenters. The van der Waals surface area contributed by atoms with Crippen molar-refractivity contribution in [1.29, 1.82) is 0 Å². The van der Waals surface area contributed by atoms with E-state index in [1.54, 1.807) is 17.0 Å². The summed E-state index contributed by atoms with van der Waals surface area (Å²) >= 11 is 0. The maximum Gasteiger partial charge on any atom is 0.258 e. The highest BCUT2D eigenvalue weighted by atomic mass is 16.5. The largest absolute Gasteiger partial charge is 0.494 e. The van der Waals surface area contributed by atoms with Gasteiger partial charge >= 0.3 is 0 Å². The quantitative estimate of drug-likeness (QED) is 0.829. The van der Waals surface area contributed by atoms with Crippen molar-refractivity contribution >= 4 is 17.5 Å². The smallest absolute Gasteiger partial charge is 0.258 e. The van der Waals surface area contributed by atoms with Crippen molar-refractivity contribution in [1.82, 2.24) is 5.32 Å². The molecule has 1 aliphatic rings. The maximum absolute atomic E-state index is 12.3. The highest BCUT2D eigenvalue weighted by Crippen LogP contribution is 2.24. The van der Waals surface area contributed by atoms with Gasteiger partial charge in [0.1, 0.15) is 11.5 Å². The van der Waals surface area contributed by atoms with Crippen LogP contribution in [-0.2, 0) is 9.59 Å². The predicted molar refractivity (Wildman–Crippen MR) is 98.4 cm³/mol. The Morgan fingerprint density at radius 2 is 1.77 bits per heavy atom. The van der Waals surface area contributed by atoms with Gasteiger partial charge in [-0.2, -0.15) is 0 Å². The zero-order valence-electron chi connectivity index (χ0n) is 14.7. The Bertz CT molecular complexity index is 746. The second-order valence-corrected chi connectivity index (χ2v) is 6.00. The van der Waals surface area contributed by atoms with Crippen molar-refractivity contribution in [3.05, 3.63) is 54.6 Å². The highest BCUT2D eigenvalue weighted by molar-refractivity contribution is 5.97. The van der Waals surface area contributed by atoms with Gasteiger partial charge in [0.05, 0.1) is 12.6 Å². The number of benzene rings is 2. The molecule has 3 rings (SSSR count). The van der Waals surface area contributed by atoms with Gasteiger partial charge in [0.25, 0.3) is 5.91 Å². The number of nitrogens with zero attached hydrogens (tertiary/aromatic N) is 1. The van der Waals surface area contributed by atoms with E-state index in [0.29, 0.717) is 18.9 Å². The van der Waals surface area contributed by atoms with Crippen LogP contribution in [0.4, 0.5) is 5.69 Å². The predicted octanol–water partition coefficient (Wildman–Crippen LogP) is 2.39. The third-order valence-electron chi connectivity index (χ3n) is 4.06. The third-order valence-corrected chi connectivity index (χ3v) is 4.06. The van der Waals surface area contributed by atoms with Gasteiger partial charge in [0, 0.05) is 18.7 Å². The molecule has 2 aromatic carbocycles. The number of anilines is 1. The Hall–Kier alpha value is -3.02. The molecule has 136 valence electrons. The minimum atomic E-state index is -0.236. The van der Waals surface area contributed by atoms with E-state index < -0.39 is 0 Å². The van der Waals surface area contributed by atoms with Gasteiger partial charge in [0.2, 0.25) is 5.91 Å². The molecule has 1 fully saturated rings. The first-order valence-electron chi connectivity index (χ1n) is 8.66. The molecule has 0 aliphatic carbocycles. The molecule has 26 heavy (non-hydrogen) atoms. The summed E-state index contributed by atoms with van der Waals surface area (Å²) in [4.78, 5) is 26.0. The molecule has 0 radical (unpaired) electrons. The molecular weight excluding hydrogens is 332 g/mol. The summed E-state index contributed by atoms with van der Waals surface area (Å²) < 4.78 is 10.8. The number of ether oxygens (including phenoxy) is 2. The molecule has 0 saturated carbocycles. The number of para-hydroxylation sites is 1. The second-order valence-electron chi connectivity index (χ2n) is 6.00. The average Bonchev–Trinajstić information content (AvgIpc) is 3.02. The van der Waals surface area contributed by atoms with Crippen LogP contribution in [0, 0.1) is 0 Å². The van der Waals surface area contributed by atoms with E-state index in [9.17, 15) is 9.59 Å². The summed E-state index contributed by atoms with van der Waals surface area (Å²) in [7, 11) is 0. The van der Waals surface area contributed by atoms with E-state index in [2.05, 4.69) is 5.32 Å². The van der Waals surface area contributed by atoms with Gasteiger partial charge in [0.15, 0.2) is 6.61 Å². The van der Waals surface area contributed by atoms with Crippen molar-refractivity contribution in [3.8, 4) is 11.5 Å². The topological polar surface area (TPSA) is 67.9 Å². The van der Waals surface area contributed by atoms with Crippen molar-refractivity contribution in [2.24, 2.45) is 0 Å². The molecule has 0 bridgehead atoms. The van der Waals surface area contributed by atoms with Crippen LogP contribution in [0.2, 0.25) is 0 Å². The van der Waals surface area contributed by atoms with Crippen molar-refractivity contribution in [3.63, 3.8) is 0 Å². The minimum Gasteiger partial charge on any atom is -0.494 e. The van der Waals surface area contributed by atoms with E-state index >= 15 is 0 Å². The standard InChI is InChI=1S/C20H22N2O4/c1-2-25-18-10-8-16(9-11-18)22-13-15(12-20(22)24)21-19(23)14-26-17-6-4-3-5-7-17/h3-11,15H,2,12-14H2,1H3,(H,21,23)/t15-/m0/s1. The molecule has 1 saturated heterocycles. The SMILES string of the molecule is CCOc1ccc(N2C[C@@H](NC(=O)COc3ccccc3)CC2=O)cc1. The van der Waals surface area contributed by atoms with Crippen LogP contribution in [0.15, 0.2) is 54.6 Å². The van der Waals surface area contributed by atoms with E-state index in [4.69, 9.17) is 9.47 Å². The lowest BCUT2D eigenvalue weighted by atomic mass is 10.2. The normalized spacial score (nSPS) is 16.4. The fourth-order valence-electron chi connectivity index (χ4n) is 2.88. The van der Waals surface area contributed by atoms with Gasteiger partial charge in [-0.1, -0.05) is 18.2 Å². The molecular formula is C20H22N2O4. The molecule has 1 N–H and O–H groups in total.